The summed E-state index contributed by atoms with van der Waals surface area (Å²) in [5.74, 6) is -0.712. The zero-order valence-electron chi connectivity index (χ0n) is 18.1. The second-order valence-electron chi connectivity index (χ2n) is 6.85. The molecule has 0 amide bonds. The van der Waals surface area contributed by atoms with Crippen molar-refractivity contribution >= 4 is 11.9 Å². The molecule has 7 heteroatoms. The van der Waals surface area contributed by atoms with Crippen molar-refractivity contribution < 1.29 is 33.3 Å². The van der Waals surface area contributed by atoms with Gasteiger partial charge in [0.25, 0.3) is 0 Å². The fraction of sp³-hybridized carbons (Fsp3) is 0.417. The minimum atomic E-state index is -0.356. The third-order valence-electron chi connectivity index (χ3n) is 4.17. The molecule has 168 valence electrons. The lowest BCUT2D eigenvalue weighted by atomic mass is 10.1. The second-order valence-corrected chi connectivity index (χ2v) is 6.85. The fourth-order valence-electron chi connectivity index (χ4n) is 2.64. The molecule has 2 aromatic carbocycles. The van der Waals surface area contributed by atoms with Crippen LogP contribution in [-0.4, -0.2) is 64.8 Å². The Hall–Kier alpha value is -2.74. The maximum absolute atomic E-state index is 11.9. The molecular weight excluding hydrogens is 400 g/mol. The van der Waals surface area contributed by atoms with Gasteiger partial charge in [-0.1, -0.05) is 35.4 Å². The van der Waals surface area contributed by atoms with Gasteiger partial charge in [0.05, 0.1) is 50.8 Å². The lowest BCUT2D eigenvalue weighted by Gasteiger charge is -2.08. The number of rotatable bonds is 14. The fourth-order valence-corrected chi connectivity index (χ4v) is 2.64. The maximum atomic E-state index is 11.9. The van der Waals surface area contributed by atoms with Gasteiger partial charge in [-0.25, -0.2) is 9.59 Å². The SMILES string of the molecule is Cc1cccc(C(=O)OCCOCCOCCOCCOC(=O)c2cccc(C)c2)c1. The van der Waals surface area contributed by atoms with Gasteiger partial charge < -0.3 is 23.7 Å². The van der Waals surface area contributed by atoms with Gasteiger partial charge in [-0.05, 0) is 38.1 Å². The summed E-state index contributed by atoms with van der Waals surface area (Å²) in [5, 5.41) is 0. The quantitative estimate of drug-likeness (QED) is 0.336. The van der Waals surface area contributed by atoms with Crippen molar-refractivity contribution in [2.75, 3.05) is 52.9 Å². The van der Waals surface area contributed by atoms with Crippen LogP contribution in [0, 0.1) is 13.8 Å². The molecule has 0 aromatic heterocycles. The summed E-state index contributed by atoms with van der Waals surface area (Å²) in [6.07, 6.45) is 0. The first-order chi connectivity index (χ1) is 15.1. The number of hydrogen-bond acceptors (Lipinski definition) is 7. The number of benzene rings is 2. The molecule has 0 aliphatic rings. The van der Waals surface area contributed by atoms with E-state index in [1.54, 1.807) is 24.3 Å². The first-order valence-electron chi connectivity index (χ1n) is 10.3. The number of aryl methyl sites for hydroxylation is 2. The van der Waals surface area contributed by atoms with Gasteiger partial charge in [-0.2, -0.15) is 0 Å². The highest BCUT2D eigenvalue weighted by molar-refractivity contribution is 5.90. The minimum absolute atomic E-state index is 0.192. The number of ether oxygens (including phenoxy) is 5. The van der Waals surface area contributed by atoms with Gasteiger partial charge >= 0.3 is 11.9 Å². The minimum Gasteiger partial charge on any atom is -0.460 e. The molecule has 0 atom stereocenters. The molecule has 31 heavy (non-hydrogen) atoms. The van der Waals surface area contributed by atoms with E-state index in [1.807, 2.05) is 38.1 Å². The molecule has 0 heterocycles. The molecule has 2 aromatic rings. The average molecular weight is 430 g/mol. The molecule has 0 bridgehead atoms. The maximum Gasteiger partial charge on any atom is 0.338 e. The third kappa shape index (κ3) is 10.2. The van der Waals surface area contributed by atoms with E-state index in [0.717, 1.165) is 11.1 Å². The van der Waals surface area contributed by atoms with E-state index in [2.05, 4.69) is 0 Å². The Labute approximate surface area is 183 Å². The van der Waals surface area contributed by atoms with E-state index < -0.39 is 0 Å². The molecule has 0 N–H and O–H groups in total. The molecular formula is C24H30O7. The molecule has 0 saturated carbocycles. The molecule has 0 aliphatic heterocycles. The molecule has 7 nitrogen and oxygen atoms in total. The van der Waals surface area contributed by atoms with Crippen LogP contribution in [0.1, 0.15) is 31.8 Å². The van der Waals surface area contributed by atoms with Crippen LogP contribution < -0.4 is 0 Å². The van der Waals surface area contributed by atoms with E-state index in [-0.39, 0.29) is 25.2 Å². The molecule has 0 fully saturated rings. The Balaban J connectivity index is 1.37. The highest BCUT2D eigenvalue weighted by Crippen LogP contribution is 2.06. The van der Waals surface area contributed by atoms with Crippen molar-refractivity contribution in [2.24, 2.45) is 0 Å². The van der Waals surface area contributed by atoms with Crippen LogP contribution in [0.4, 0.5) is 0 Å². The Morgan fingerprint density at radius 2 is 0.935 bits per heavy atom. The molecule has 2 rings (SSSR count). The second kappa shape index (κ2) is 14.3. The molecule has 0 unspecified atom stereocenters. The van der Waals surface area contributed by atoms with Gasteiger partial charge in [-0.3, -0.25) is 0 Å². The Morgan fingerprint density at radius 1 is 0.581 bits per heavy atom. The van der Waals surface area contributed by atoms with Crippen molar-refractivity contribution in [3.8, 4) is 0 Å². The standard InChI is InChI=1S/C24H30O7/c1-19-5-3-7-21(17-19)23(25)30-15-13-28-11-9-27-10-12-29-14-16-31-24(26)22-8-4-6-20(2)18-22/h3-8,17-18H,9-16H2,1-2H3. The average Bonchev–Trinajstić information content (AvgIpc) is 2.76. The Morgan fingerprint density at radius 3 is 1.29 bits per heavy atom. The van der Waals surface area contributed by atoms with Crippen LogP contribution in [0.3, 0.4) is 0 Å². The zero-order chi connectivity index (χ0) is 22.3. The van der Waals surface area contributed by atoms with E-state index in [1.165, 1.54) is 0 Å². The van der Waals surface area contributed by atoms with Gasteiger partial charge in [0.15, 0.2) is 0 Å². The monoisotopic (exact) mass is 430 g/mol. The summed E-state index contributed by atoms with van der Waals surface area (Å²) in [6.45, 7) is 6.47. The van der Waals surface area contributed by atoms with E-state index in [0.29, 0.717) is 50.8 Å². The van der Waals surface area contributed by atoms with Crippen molar-refractivity contribution in [2.45, 2.75) is 13.8 Å². The molecule has 0 aliphatic carbocycles. The summed E-state index contributed by atoms with van der Waals surface area (Å²) >= 11 is 0. The summed E-state index contributed by atoms with van der Waals surface area (Å²) in [5.41, 5.74) is 3.09. The highest BCUT2D eigenvalue weighted by Gasteiger charge is 2.07. The van der Waals surface area contributed by atoms with Crippen molar-refractivity contribution in [1.82, 2.24) is 0 Å². The number of esters is 2. The summed E-state index contributed by atoms with van der Waals surface area (Å²) in [7, 11) is 0. The van der Waals surface area contributed by atoms with E-state index >= 15 is 0 Å². The number of carbonyl (C=O) groups is 2. The van der Waals surface area contributed by atoms with Crippen LogP contribution in [0.15, 0.2) is 48.5 Å². The normalized spacial score (nSPS) is 10.6. The van der Waals surface area contributed by atoms with Crippen LogP contribution in [0.5, 0.6) is 0 Å². The number of carbonyl (C=O) groups excluding carboxylic acids is 2. The lowest BCUT2D eigenvalue weighted by molar-refractivity contribution is -0.00675. The summed E-state index contributed by atoms with van der Waals surface area (Å²) in [4.78, 5) is 23.7. The Kier molecular flexibility index (Phi) is 11.3. The van der Waals surface area contributed by atoms with Gasteiger partial charge in [0.1, 0.15) is 13.2 Å². The molecule has 0 spiro atoms. The smallest absolute Gasteiger partial charge is 0.338 e. The third-order valence-corrected chi connectivity index (χ3v) is 4.17. The van der Waals surface area contributed by atoms with E-state index in [4.69, 9.17) is 23.7 Å². The zero-order valence-corrected chi connectivity index (χ0v) is 18.1. The topological polar surface area (TPSA) is 80.3 Å². The van der Waals surface area contributed by atoms with Crippen molar-refractivity contribution in [1.29, 1.82) is 0 Å². The predicted octanol–water partition coefficient (Wildman–Crippen LogP) is 3.37. The first kappa shape index (κ1) is 24.5. The summed E-state index contributed by atoms with van der Waals surface area (Å²) < 4.78 is 26.4. The summed E-state index contributed by atoms with van der Waals surface area (Å²) in [6, 6.07) is 14.5. The van der Waals surface area contributed by atoms with Gasteiger partial charge in [0, 0.05) is 0 Å². The molecule has 0 radical (unpaired) electrons. The largest absolute Gasteiger partial charge is 0.460 e. The first-order valence-corrected chi connectivity index (χ1v) is 10.3. The molecule has 0 saturated heterocycles. The van der Waals surface area contributed by atoms with E-state index in [9.17, 15) is 9.59 Å². The number of hydrogen-bond donors (Lipinski definition) is 0. The van der Waals surface area contributed by atoms with Crippen molar-refractivity contribution in [3.63, 3.8) is 0 Å². The van der Waals surface area contributed by atoms with Crippen molar-refractivity contribution in [3.05, 3.63) is 70.8 Å². The van der Waals surface area contributed by atoms with Gasteiger partial charge in [-0.15, -0.1) is 0 Å². The van der Waals surface area contributed by atoms with Crippen LogP contribution in [-0.2, 0) is 23.7 Å². The van der Waals surface area contributed by atoms with Crippen LogP contribution in [0.2, 0.25) is 0 Å². The van der Waals surface area contributed by atoms with Crippen LogP contribution in [0.25, 0.3) is 0 Å². The predicted molar refractivity (Wildman–Crippen MR) is 115 cm³/mol. The highest BCUT2D eigenvalue weighted by atomic mass is 16.6. The van der Waals surface area contributed by atoms with Crippen LogP contribution >= 0.6 is 0 Å². The Bertz CT molecular complexity index is 752. The lowest BCUT2D eigenvalue weighted by Crippen LogP contribution is -2.15. The van der Waals surface area contributed by atoms with Gasteiger partial charge in [0.2, 0.25) is 0 Å².